The van der Waals surface area contributed by atoms with E-state index in [1.165, 1.54) is 28.9 Å². The molecule has 1 aliphatic heterocycles. The second-order valence-corrected chi connectivity index (χ2v) is 8.43. The molecule has 2 aromatic carbocycles. The Morgan fingerprint density at radius 2 is 2.03 bits per heavy atom. The molecule has 0 unspecified atom stereocenters. The highest BCUT2D eigenvalue weighted by molar-refractivity contribution is 7.07. The normalized spacial score (nSPS) is 15.8. The lowest BCUT2D eigenvalue weighted by atomic mass is 9.96. The SMILES string of the molecule is C=CCOC(=O)C1=C(C)N=c2s/c(=C\c3c(F)cccc3Cl)c(=O)n2[C@H]1c1ccccc1. The van der Waals surface area contributed by atoms with Crippen molar-refractivity contribution in [1.29, 1.82) is 0 Å². The fourth-order valence-corrected chi connectivity index (χ4v) is 4.77. The maximum Gasteiger partial charge on any atom is 0.338 e. The summed E-state index contributed by atoms with van der Waals surface area (Å²) in [5.74, 6) is -1.11. The minimum absolute atomic E-state index is 0.0350. The predicted octanol–water partition coefficient (Wildman–Crippen LogP) is 3.76. The molecule has 0 bridgehead atoms. The van der Waals surface area contributed by atoms with Gasteiger partial charge in [-0.1, -0.05) is 72.0 Å². The monoisotopic (exact) mass is 468 g/mol. The largest absolute Gasteiger partial charge is 0.458 e. The van der Waals surface area contributed by atoms with E-state index < -0.39 is 23.4 Å². The van der Waals surface area contributed by atoms with Crippen molar-refractivity contribution in [2.24, 2.45) is 4.99 Å². The van der Waals surface area contributed by atoms with Gasteiger partial charge in [-0.3, -0.25) is 9.36 Å². The van der Waals surface area contributed by atoms with E-state index in [9.17, 15) is 14.0 Å². The number of halogens is 2. The highest BCUT2D eigenvalue weighted by Crippen LogP contribution is 2.30. The van der Waals surface area contributed by atoms with Crippen molar-refractivity contribution in [1.82, 2.24) is 4.57 Å². The zero-order valence-electron chi connectivity index (χ0n) is 17.0. The molecule has 3 aromatic rings. The van der Waals surface area contributed by atoms with Crippen LogP contribution in [0, 0.1) is 5.82 Å². The van der Waals surface area contributed by atoms with E-state index in [0.29, 0.717) is 10.5 Å². The van der Waals surface area contributed by atoms with Gasteiger partial charge in [0.15, 0.2) is 4.80 Å². The Kier molecular flexibility index (Phi) is 6.21. The average Bonchev–Trinajstić information content (AvgIpc) is 3.09. The number of rotatable bonds is 5. The zero-order chi connectivity index (χ0) is 22.8. The number of thiazole rings is 1. The second kappa shape index (κ2) is 9.06. The van der Waals surface area contributed by atoms with Crippen LogP contribution in [-0.2, 0) is 9.53 Å². The van der Waals surface area contributed by atoms with E-state index in [1.807, 2.05) is 30.3 Å². The molecule has 0 N–H and O–H groups in total. The van der Waals surface area contributed by atoms with Crippen LogP contribution in [0.2, 0.25) is 5.02 Å². The van der Waals surface area contributed by atoms with Crippen molar-refractivity contribution in [3.63, 3.8) is 0 Å². The standard InChI is InChI=1S/C24H18ClFN2O3S/c1-3-12-31-23(30)20-14(2)27-24-28(21(20)15-8-5-4-6-9-15)22(29)19(32-24)13-16-17(25)10-7-11-18(16)26/h3-11,13,21H,1,12H2,2H3/b19-13-/t21-/m0/s1. The third-order valence-electron chi connectivity index (χ3n) is 4.96. The topological polar surface area (TPSA) is 60.7 Å². The third kappa shape index (κ3) is 3.97. The van der Waals surface area contributed by atoms with Gasteiger partial charge >= 0.3 is 5.97 Å². The van der Waals surface area contributed by atoms with Crippen LogP contribution in [0.4, 0.5) is 4.39 Å². The van der Waals surface area contributed by atoms with Crippen LogP contribution in [0.3, 0.4) is 0 Å². The second-order valence-electron chi connectivity index (χ2n) is 7.01. The zero-order valence-corrected chi connectivity index (χ0v) is 18.6. The summed E-state index contributed by atoms with van der Waals surface area (Å²) >= 11 is 7.25. The third-order valence-corrected chi connectivity index (χ3v) is 6.28. The van der Waals surface area contributed by atoms with Gasteiger partial charge in [0.2, 0.25) is 0 Å². The molecule has 0 aliphatic carbocycles. The number of hydrogen-bond acceptors (Lipinski definition) is 5. The minimum Gasteiger partial charge on any atom is -0.458 e. The summed E-state index contributed by atoms with van der Waals surface area (Å²) in [4.78, 5) is 31.2. The molecule has 0 saturated heterocycles. The first-order valence-electron chi connectivity index (χ1n) is 9.72. The molecule has 0 saturated carbocycles. The highest BCUT2D eigenvalue weighted by Gasteiger charge is 2.33. The van der Waals surface area contributed by atoms with Crippen LogP contribution < -0.4 is 14.9 Å². The molecule has 1 aromatic heterocycles. The molecule has 4 rings (SSSR count). The van der Waals surface area contributed by atoms with Crippen molar-refractivity contribution < 1.29 is 13.9 Å². The van der Waals surface area contributed by atoms with Crippen LogP contribution in [0.1, 0.15) is 24.1 Å². The fraction of sp³-hybridized carbons (Fsp3) is 0.125. The summed E-state index contributed by atoms with van der Waals surface area (Å²) in [6.07, 6.45) is 2.89. The summed E-state index contributed by atoms with van der Waals surface area (Å²) in [6.45, 7) is 5.30. The van der Waals surface area contributed by atoms with E-state index in [2.05, 4.69) is 11.6 Å². The first-order valence-corrected chi connectivity index (χ1v) is 10.9. The minimum atomic E-state index is -0.733. The molecule has 32 heavy (non-hydrogen) atoms. The summed E-state index contributed by atoms with van der Waals surface area (Å²) in [5.41, 5.74) is 1.16. The van der Waals surface area contributed by atoms with Crippen molar-refractivity contribution in [2.75, 3.05) is 6.61 Å². The smallest absolute Gasteiger partial charge is 0.338 e. The van der Waals surface area contributed by atoms with E-state index in [-0.39, 0.29) is 27.3 Å². The molecule has 8 heteroatoms. The van der Waals surface area contributed by atoms with Gasteiger partial charge in [-0.05, 0) is 30.7 Å². The summed E-state index contributed by atoms with van der Waals surface area (Å²) in [6, 6.07) is 12.7. The summed E-state index contributed by atoms with van der Waals surface area (Å²) < 4.78 is 21.3. The lowest BCUT2D eigenvalue weighted by Gasteiger charge is -2.24. The molecule has 1 aliphatic rings. The number of benzene rings is 2. The Bertz CT molecular complexity index is 1400. The summed E-state index contributed by atoms with van der Waals surface area (Å²) in [7, 11) is 0. The average molecular weight is 469 g/mol. The maximum absolute atomic E-state index is 14.3. The van der Waals surface area contributed by atoms with Gasteiger partial charge in [0.05, 0.1) is 26.9 Å². The first-order chi connectivity index (χ1) is 15.4. The molecule has 0 radical (unpaired) electrons. The first kappa shape index (κ1) is 21.9. The molecule has 1 atom stereocenters. The number of hydrogen-bond donors (Lipinski definition) is 0. The number of carbonyl (C=O) groups excluding carboxylic acids is 1. The van der Waals surface area contributed by atoms with Gasteiger partial charge in [-0.15, -0.1) is 0 Å². The molecule has 2 heterocycles. The molecule has 0 spiro atoms. The molecule has 162 valence electrons. The number of ether oxygens (including phenoxy) is 1. The van der Waals surface area contributed by atoms with Gasteiger partial charge in [-0.25, -0.2) is 14.2 Å². The quantitative estimate of drug-likeness (QED) is 0.423. The van der Waals surface area contributed by atoms with Gasteiger partial charge in [-0.2, -0.15) is 0 Å². The maximum atomic E-state index is 14.3. The lowest BCUT2D eigenvalue weighted by molar-refractivity contribution is -0.138. The molecular weight excluding hydrogens is 451 g/mol. The van der Waals surface area contributed by atoms with Gasteiger partial charge in [0, 0.05) is 5.56 Å². The van der Waals surface area contributed by atoms with Crippen molar-refractivity contribution >= 4 is 35.0 Å². The predicted molar refractivity (Wildman–Crippen MR) is 123 cm³/mol. The van der Waals surface area contributed by atoms with Crippen LogP contribution in [-0.4, -0.2) is 17.1 Å². The number of fused-ring (bicyclic) bond motifs is 1. The number of allylic oxidation sites excluding steroid dienone is 1. The summed E-state index contributed by atoms with van der Waals surface area (Å²) in [5, 5.41) is 0.195. The number of nitrogens with zero attached hydrogens (tertiary/aromatic N) is 2. The number of aromatic nitrogens is 1. The van der Waals surface area contributed by atoms with Crippen LogP contribution in [0.5, 0.6) is 0 Å². The number of esters is 1. The Labute approximate surface area is 192 Å². The Morgan fingerprint density at radius 1 is 1.28 bits per heavy atom. The Balaban J connectivity index is 1.96. The van der Waals surface area contributed by atoms with Crippen molar-refractivity contribution in [3.05, 3.63) is 114 Å². The molecule has 0 amide bonds. The Morgan fingerprint density at radius 3 is 2.72 bits per heavy atom. The molecule has 0 fully saturated rings. The Hall–Kier alpha value is -3.29. The van der Waals surface area contributed by atoms with Crippen molar-refractivity contribution in [3.8, 4) is 0 Å². The van der Waals surface area contributed by atoms with Crippen LogP contribution in [0.15, 0.2) is 82.2 Å². The number of carbonyl (C=O) groups is 1. The van der Waals surface area contributed by atoms with Gasteiger partial charge in [0.25, 0.3) is 5.56 Å². The van der Waals surface area contributed by atoms with Gasteiger partial charge in [0.1, 0.15) is 12.4 Å². The van der Waals surface area contributed by atoms with Crippen LogP contribution in [0.25, 0.3) is 6.08 Å². The van der Waals surface area contributed by atoms with Gasteiger partial charge < -0.3 is 4.74 Å². The van der Waals surface area contributed by atoms with Crippen molar-refractivity contribution in [2.45, 2.75) is 13.0 Å². The molecular formula is C24H18ClFN2O3S. The van der Waals surface area contributed by atoms with E-state index in [1.54, 1.807) is 13.0 Å². The van der Waals surface area contributed by atoms with Crippen LogP contribution >= 0.6 is 22.9 Å². The van der Waals surface area contributed by atoms with E-state index >= 15 is 0 Å². The van der Waals surface area contributed by atoms with E-state index in [4.69, 9.17) is 16.3 Å². The highest BCUT2D eigenvalue weighted by atomic mass is 35.5. The van der Waals surface area contributed by atoms with E-state index in [0.717, 1.165) is 16.9 Å². The fourth-order valence-electron chi connectivity index (χ4n) is 3.53. The molecule has 5 nitrogen and oxygen atoms in total. The lowest BCUT2D eigenvalue weighted by Crippen LogP contribution is -2.39.